The van der Waals surface area contributed by atoms with Crippen molar-refractivity contribution < 1.29 is 18.4 Å². The average molecular weight is 387 g/mol. The first-order valence-electron chi connectivity index (χ1n) is 9.06. The number of carbonyl (C=O) groups is 2. The molecule has 29 heavy (non-hydrogen) atoms. The van der Waals surface area contributed by atoms with Crippen LogP contribution in [0.15, 0.2) is 75.8 Å². The number of Topliss-reactive ketones (excluding diaryl/α,β-unsaturated/α-hetero) is 1. The van der Waals surface area contributed by atoms with Crippen LogP contribution in [0.2, 0.25) is 0 Å². The summed E-state index contributed by atoms with van der Waals surface area (Å²) >= 11 is 0. The molecule has 2 aromatic carbocycles. The fourth-order valence-electron chi connectivity index (χ4n) is 2.84. The molecule has 0 aliphatic heterocycles. The number of anilines is 1. The minimum atomic E-state index is -0.376. The number of rotatable bonds is 6. The molecule has 0 spiro atoms. The van der Waals surface area contributed by atoms with Crippen LogP contribution in [0.25, 0.3) is 22.8 Å². The quantitative estimate of drug-likeness (QED) is 0.475. The van der Waals surface area contributed by atoms with Gasteiger partial charge in [-0.3, -0.25) is 14.9 Å². The number of amides is 1. The van der Waals surface area contributed by atoms with E-state index in [0.29, 0.717) is 23.3 Å². The van der Waals surface area contributed by atoms with Crippen molar-refractivity contribution in [2.24, 2.45) is 0 Å². The van der Waals surface area contributed by atoms with E-state index in [9.17, 15) is 9.59 Å². The van der Waals surface area contributed by atoms with Crippen LogP contribution in [0.3, 0.4) is 0 Å². The summed E-state index contributed by atoms with van der Waals surface area (Å²) in [7, 11) is 0. The molecule has 4 aromatic rings. The van der Waals surface area contributed by atoms with E-state index in [-0.39, 0.29) is 23.6 Å². The van der Waals surface area contributed by atoms with Gasteiger partial charge in [-0.15, -0.1) is 5.10 Å². The Morgan fingerprint density at radius 3 is 2.48 bits per heavy atom. The predicted octanol–water partition coefficient (Wildman–Crippen LogP) is 4.84. The standard InChI is InChI=1S/C22H17N3O4/c1-2-18(26)15-10-8-14(9-11-15)16-5-3-6-17(13-16)20(27)23-22-25-24-21(29-22)19-7-4-12-28-19/h3-13H,2H2,1H3,(H,23,25,27). The van der Waals surface area contributed by atoms with Gasteiger partial charge in [-0.05, 0) is 35.4 Å². The van der Waals surface area contributed by atoms with Crippen LogP contribution in [0.1, 0.15) is 34.1 Å². The first-order chi connectivity index (χ1) is 14.1. The van der Waals surface area contributed by atoms with Gasteiger partial charge in [0.05, 0.1) is 6.26 Å². The zero-order valence-corrected chi connectivity index (χ0v) is 15.6. The van der Waals surface area contributed by atoms with E-state index in [1.807, 2.05) is 25.1 Å². The van der Waals surface area contributed by atoms with Gasteiger partial charge >= 0.3 is 6.01 Å². The van der Waals surface area contributed by atoms with E-state index in [2.05, 4.69) is 15.5 Å². The van der Waals surface area contributed by atoms with Gasteiger partial charge in [0.1, 0.15) is 0 Å². The molecule has 0 fully saturated rings. The number of hydrogen-bond donors (Lipinski definition) is 1. The molecule has 2 heterocycles. The first-order valence-corrected chi connectivity index (χ1v) is 9.06. The van der Waals surface area contributed by atoms with Gasteiger partial charge in [0, 0.05) is 17.5 Å². The normalized spacial score (nSPS) is 10.7. The average Bonchev–Trinajstić information content (AvgIpc) is 3.45. The summed E-state index contributed by atoms with van der Waals surface area (Å²) in [5.74, 6) is 0.322. The number of nitrogens with zero attached hydrogens (tertiary/aromatic N) is 2. The Hall–Kier alpha value is -4.00. The van der Waals surface area contributed by atoms with Crippen molar-refractivity contribution >= 4 is 17.7 Å². The highest BCUT2D eigenvalue weighted by molar-refractivity contribution is 6.04. The summed E-state index contributed by atoms with van der Waals surface area (Å²) in [5.41, 5.74) is 2.88. The number of ketones is 1. The number of benzene rings is 2. The number of aromatic nitrogens is 2. The maximum Gasteiger partial charge on any atom is 0.322 e. The lowest BCUT2D eigenvalue weighted by molar-refractivity contribution is 0.0986. The fourth-order valence-corrected chi connectivity index (χ4v) is 2.84. The number of carbonyl (C=O) groups excluding carboxylic acids is 2. The molecule has 7 nitrogen and oxygen atoms in total. The molecule has 0 unspecified atom stereocenters. The van der Waals surface area contributed by atoms with E-state index in [0.717, 1.165) is 11.1 Å². The lowest BCUT2D eigenvalue weighted by atomic mass is 10.00. The summed E-state index contributed by atoms with van der Waals surface area (Å²) < 4.78 is 10.6. The Balaban J connectivity index is 1.51. The highest BCUT2D eigenvalue weighted by Gasteiger charge is 2.15. The number of nitrogens with one attached hydrogen (secondary N) is 1. The number of furan rings is 1. The summed E-state index contributed by atoms with van der Waals surface area (Å²) in [4.78, 5) is 24.3. The molecule has 0 saturated heterocycles. The van der Waals surface area contributed by atoms with Gasteiger partial charge in [-0.2, -0.15) is 0 Å². The third-order valence-corrected chi connectivity index (χ3v) is 4.36. The Morgan fingerprint density at radius 1 is 0.931 bits per heavy atom. The third-order valence-electron chi connectivity index (χ3n) is 4.36. The van der Waals surface area contributed by atoms with Gasteiger partial charge in [0.25, 0.3) is 11.8 Å². The Kier molecular flexibility index (Phi) is 5.03. The molecule has 0 radical (unpaired) electrons. The molecule has 0 aliphatic rings. The van der Waals surface area contributed by atoms with E-state index < -0.39 is 0 Å². The molecule has 4 rings (SSSR count). The second-order valence-electron chi connectivity index (χ2n) is 6.28. The molecule has 144 valence electrons. The summed E-state index contributed by atoms with van der Waals surface area (Å²) in [5, 5.41) is 10.2. The molecule has 0 aliphatic carbocycles. The highest BCUT2D eigenvalue weighted by Crippen LogP contribution is 2.23. The van der Waals surface area contributed by atoms with Crippen molar-refractivity contribution in [2.75, 3.05) is 5.32 Å². The smallest absolute Gasteiger partial charge is 0.322 e. The van der Waals surface area contributed by atoms with Crippen molar-refractivity contribution in [3.8, 4) is 22.8 Å². The van der Waals surface area contributed by atoms with E-state index >= 15 is 0 Å². The first kappa shape index (κ1) is 18.4. The summed E-state index contributed by atoms with van der Waals surface area (Å²) in [6.45, 7) is 1.83. The zero-order valence-electron chi connectivity index (χ0n) is 15.6. The van der Waals surface area contributed by atoms with Crippen LogP contribution < -0.4 is 5.32 Å². The molecule has 0 bridgehead atoms. The third kappa shape index (κ3) is 3.98. The molecule has 1 N–H and O–H groups in total. The predicted molar refractivity (Wildman–Crippen MR) is 106 cm³/mol. The summed E-state index contributed by atoms with van der Waals surface area (Å²) in [6, 6.07) is 17.8. The van der Waals surface area contributed by atoms with Crippen molar-refractivity contribution in [1.29, 1.82) is 0 Å². The van der Waals surface area contributed by atoms with Crippen molar-refractivity contribution in [2.45, 2.75) is 13.3 Å². The van der Waals surface area contributed by atoms with Gasteiger partial charge in [0.2, 0.25) is 0 Å². The fraction of sp³-hybridized carbons (Fsp3) is 0.0909. The van der Waals surface area contributed by atoms with Crippen LogP contribution in [0.5, 0.6) is 0 Å². The van der Waals surface area contributed by atoms with Crippen molar-refractivity contribution in [3.63, 3.8) is 0 Å². The van der Waals surface area contributed by atoms with E-state index in [1.165, 1.54) is 6.26 Å². The molecular formula is C22H17N3O4. The van der Waals surface area contributed by atoms with Gasteiger partial charge < -0.3 is 8.83 Å². The molecular weight excluding hydrogens is 370 g/mol. The SMILES string of the molecule is CCC(=O)c1ccc(-c2cccc(C(=O)Nc3nnc(-c4ccco4)o3)c2)cc1. The van der Waals surface area contributed by atoms with E-state index in [4.69, 9.17) is 8.83 Å². The topological polar surface area (TPSA) is 98.2 Å². The van der Waals surface area contributed by atoms with Crippen molar-refractivity contribution in [3.05, 3.63) is 78.1 Å². The Labute approximate surface area is 166 Å². The minimum Gasteiger partial charge on any atom is -0.459 e. The maximum atomic E-state index is 12.6. The van der Waals surface area contributed by atoms with Gasteiger partial charge in [-0.25, -0.2) is 0 Å². The van der Waals surface area contributed by atoms with Crippen LogP contribution >= 0.6 is 0 Å². The van der Waals surface area contributed by atoms with Crippen LogP contribution in [-0.4, -0.2) is 21.9 Å². The van der Waals surface area contributed by atoms with Crippen LogP contribution in [0.4, 0.5) is 6.01 Å². The Morgan fingerprint density at radius 2 is 1.76 bits per heavy atom. The molecule has 0 atom stereocenters. The van der Waals surface area contributed by atoms with E-state index in [1.54, 1.807) is 42.5 Å². The largest absolute Gasteiger partial charge is 0.459 e. The van der Waals surface area contributed by atoms with Crippen molar-refractivity contribution in [1.82, 2.24) is 10.2 Å². The highest BCUT2D eigenvalue weighted by atomic mass is 16.4. The Bertz CT molecular complexity index is 1150. The lowest BCUT2D eigenvalue weighted by Gasteiger charge is -2.06. The maximum absolute atomic E-state index is 12.6. The second kappa shape index (κ2) is 7.93. The lowest BCUT2D eigenvalue weighted by Crippen LogP contribution is -2.12. The molecule has 2 aromatic heterocycles. The summed E-state index contributed by atoms with van der Waals surface area (Å²) in [6.07, 6.45) is 1.96. The zero-order chi connectivity index (χ0) is 20.2. The molecule has 1 amide bonds. The van der Waals surface area contributed by atoms with Crippen LogP contribution in [0, 0.1) is 0 Å². The number of hydrogen-bond acceptors (Lipinski definition) is 6. The van der Waals surface area contributed by atoms with Gasteiger partial charge in [-0.1, -0.05) is 48.4 Å². The monoisotopic (exact) mass is 387 g/mol. The second-order valence-corrected chi connectivity index (χ2v) is 6.28. The molecule has 0 saturated carbocycles. The molecule has 7 heteroatoms. The minimum absolute atomic E-state index is 0.0192. The van der Waals surface area contributed by atoms with Crippen LogP contribution in [-0.2, 0) is 0 Å². The van der Waals surface area contributed by atoms with Gasteiger partial charge in [0.15, 0.2) is 11.5 Å².